The third kappa shape index (κ3) is 11.8. The second-order valence-corrected chi connectivity index (χ2v) is 20.6. The maximum atomic E-state index is 13.1. The lowest BCUT2D eigenvalue weighted by Crippen LogP contribution is -2.42. The third-order valence-electron chi connectivity index (χ3n) is 14.5. The van der Waals surface area contributed by atoms with Crippen molar-refractivity contribution in [1.82, 2.24) is 15.2 Å². The van der Waals surface area contributed by atoms with Crippen molar-refractivity contribution in [3.05, 3.63) is 128 Å². The van der Waals surface area contributed by atoms with Gasteiger partial charge in [0.2, 0.25) is 5.36 Å². The van der Waals surface area contributed by atoms with E-state index in [0.29, 0.717) is 51.5 Å². The van der Waals surface area contributed by atoms with E-state index >= 15 is 0 Å². The van der Waals surface area contributed by atoms with Gasteiger partial charge in [0.25, 0.3) is 11.1 Å². The number of thioether (sulfide) groups is 1. The second-order valence-electron chi connectivity index (χ2n) is 19.2. The number of thiocarbonyl (C=S) groups is 1. The lowest BCUT2D eigenvalue weighted by Gasteiger charge is -2.38. The number of fused-ring (bicyclic) bond motifs is 3. The number of unbranched alkanes of at least 4 members (excludes halogenated alkanes) is 3. The number of nitrogens with one attached hydrogen (secondary N) is 3. The Kier molecular flexibility index (Phi) is 16.6. The SMILES string of the molecule is CCN(CC)c1ccc2c(-c3ccc(NC(=S)NCCCCCCc4c(C)c(C)c5c(c4C)CCC(C)(COc4ccc(C=C6SC(=O)NC6=O)cc4)O5)cc3C(=O)O)c3ccc(=[N+](CC)CC)cc-3oc2c1. The van der Waals surface area contributed by atoms with Crippen molar-refractivity contribution >= 4 is 74.6 Å². The number of anilines is 2. The Morgan fingerprint density at radius 2 is 1.64 bits per heavy atom. The number of carbonyl (C=O) groups excluding carboxylic acids is 2. The van der Waals surface area contributed by atoms with Gasteiger partial charge in [0, 0.05) is 59.7 Å². The summed E-state index contributed by atoms with van der Waals surface area (Å²) in [6.45, 7) is 21.8. The molecule has 0 spiro atoms. The largest absolute Gasteiger partial charge is 0.489 e. The molecule has 3 aliphatic heterocycles. The predicted octanol–water partition coefficient (Wildman–Crippen LogP) is 12.1. The van der Waals surface area contributed by atoms with Crippen molar-refractivity contribution in [3.63, 3.8) is 0 Å². The molecule has 0 bridgehead atoms. The van der Waals surface area contributed by atoms with Crippen molar-refractivity contribution in [2.75, 3.05) is 49.5 Å². The first-order valence-corrected chi connectivity index (χ1v) is 26.9. The fraction of sp³-hybridized carbons (Fsp3) is 0.373. The Morgan fingerprint density at radius 1 is 0.904 bits per heavy atom. The van der Waals surface area contributed by atoms with Crippen LogP contribution in [0.5, 0.6) is 11.5 Å². The molecule has 73 heavy (non-hydrogen) atoms. The molecule has 2 amide bonds. The Hall–Kier alpha value is -6.64. The van der Waals surface area contributed by atoms with Gasteiger partial charge in [-0.1, -0.05) is 31.0 Å². The van der Waals surface area contributed by atoms with Gasteiger partial charge in [0.05, 0.1) is 16.5 Å². The molecule has 3 heterocycles. The highest BCUT2D eigenvalue weighted by molar-refractivity contribution is 8.18. The number of carboxylic acid groups (broad SMARTS) is 1. The first-order valence-electron chi connectivity index (χ1n) is 25.7. The number of nitrogens with zero attached hydrogens (tertiary/aromatic N) is 2. The van der Waals surface area contributed by atoms with Gasteiger partial charge in [-0.2, -0.15) is 0 Å². The molecule has 8 rings (SSSR count). The highest BCUT2D eigenvalue weighted by Gasteiger charge is 2.35. The Bertz CT molecular complexity index is 3150. The molecule has 1 fully saturated rings. The van der Waals surface area contributed by atoms with E-state index in [0.717, 1.165) is 122 Å². The van der Waals surface area contributed by atoms with Crippen LogP contribution in [0.4, 0.5) is 16.2 Å². The molecule has 0 aromatic heterocycles. The number of amides is 2. The zero-order valence-electron chi connectivity index (χ0n) is 43.4. The Labute approximate surface area is 438 Å². The molecular weight excluding hydrogens is 955 g/mol. The topological polar surface area (TPSA) is 145 Å². The summed E-state index contributed by atoms with van der Waals surface area (Å²) in [5.41, 5.74) is 11.6. The summed E-state index contributed by atoms with van der Waals surface area (Å²) < 4.78 is 21.9. The van der Waals surface area contributed by atoms with E-state index in [-0.39, 0.29) is 16.7 Å². The Morgan fingerprint density at radius 3 is 2.34 bits per heavy atom. The summed E-state index contributed by atoms with van der Waals surface area (Å²) in [6, 6.07) is 25.3. The van der Waals surface area contributed by atoms with Gasteiger partial charge in [-0.05, 0) is 199 Å². The molecule has 382 valence electrons. The van der Waals surface area contributed by atoms with Crippen LogP contribution < -0.4 is 40.3 Å². The zero-order chi connectivity index (χ0) is 52.0. The van der Waals surface area contributed by atoms with Crippen molar-refractivity contribution in [2.45, 2.75) is 106 Å². The van der Waals surface area contributed by atoms with Crippen LogP contribution >= 0.6 is 24.0 Å². The lowest BCUT2D eigenvalue weighted by atomic mass is 9.84. The lowest BCUT2D eigenvalue weighted by molar-refractivity contribution is -0.115. The van der Waals surface area contributed by atoms with Gasteiger partial charge in [0.1, 0.15) is 48.1 Å². The average Bonchev–Trinajstić information content (AvgIpc) is 3.70. The fourth-order valence-electron chi connectivity index (χ4n) is 10.2. The molecule has 14 heteroatoms. The minimum Gasteiger partial charge on any atom is -0.489 e. The summed E-state index contributed by atoms with van der Waals surface area (Å²) in [7, 11) is 0. The van der Waals surface area contributed by atoms with E-state index in [1.807, 2.05) is 48.5 Å². The van der Waals surface area contributed by atoms with Crippen LogP contribution in [0.1, 0.15) is 110 Å². The number of ether oxygens (including phenoxy) is 2. The van der Waals surface area contributed by atoms with Gasteiger partial charge >= 0.3 is 5.97 Å². The summed E-state index contributed by atoms with van der Waals surface area (Å²) >= 11 is 6.61. The number of benzene rings is 5. The number of imide groups is 1. The van der Waals surface area contributed by atoms with E-state index in [4.69, 9.17) is 26.1 Å². The molecule has 1 aliphatic carbocycles. The van der Waals surface area contributed by atoms with Crippen molar-refractivity contribution in [3.8, 4) is 33.9 Å². The van der Waals surface area contributed by atoms with E-state index in [2.05, 4.69) is 105 Å². The maximum Gasteiger partial charge on any atom is 0.336 e. The third-order valence-corrected chi connectivity index (χ3v) is 15.6. The van der Waals surface area contributed by atoms with Gasteiger partial charge in [-0.3, -0.25) is 14.9 Å². The summed E-state index contributed by atoms with van der Waals surface area (Å²) in [4.78, 5) is 39.2. The molecule has 0 saturated carbocycles. The van der Waals surface area contributed by atoms with Crippen LogP contribution in [0.15, 0.2) is 88.2 Å². The van der Waals surface area contributed by atoms with Crippen LogP contribution in [0.3, 0.4) is 0 Å². The number of hydrogen-bond acceptors (Lipinski definition) is 9. The summed E-state index contributed by atoms with van der Waals surface area (Å²) in [5.74, 6) is 0.991. The molecule has 12 nitrogen and oxygen atoms in total. The molecule has 0 radical (unpaired) electrons. The fourth-order valence-corrected chi connectivity index (χ4v) is 11.1. The molecule has 4 aliphatic rings. The average molecular weight is 1020 g/mol. The Balaban J connectivity index is 0.852. The highest BCUT2D eigenvalue weighted by Crippen LogP contribution is 2.44. The smallest absolute Gasteiger partial charge is 0.336 e. The summed E-state index contributed by atoms with van der Waals surface area (Å²) in [5, 5.41) is 21.5. The molecule has 1 saturated heterocycles. The van der Waals surface area contributed by atoms with Gasteiger partial charge in [-0.15, -0.1) is 0 Å². The molecule has 4 aromatic carbocycles. The predicted molar refractivity (Wildman–Crippen MR) is 301 cm³/mol. The van der Waals surface area contributed by atoms with Gasteiger partial charge in [-0.25, -0.2) is 9.37 Å². The molecule has 4 N–H and O–H groups in total. The number of hydrogen-bond donors (Lipinski definition) is 4. The van der Waals surface area contributed by atoms with E-state index in [1.54, 1.807) is 12.1 Å². The van der Waals surface area contributed by atoms with Gasteiger partial charge in [0.15, 0.2) is 5.11 Å². The first-order chi connectivity index (χ1) is 35.1. The van der Waals surface area contributed by atoms with E-state index in [9.17, 15) is 19.5 Å². The zero-order valence-corrected chi connectivity index (χ0v) is 45.0. The van der Waals surface area contributed by atoms with Crippen molar-refractivity contribution in [1.29, 1.82) is 0 Å². The second kappa shape index (κ2) is 23.1. The highest BCUT2D eigenvalue weighted by atomic mass is 32.2. The van der Waals surface area contributed by atoms with Gasteiger partial charge < -0.3 is 34.5 Å². The summed E-state index contributed by atoms with van der Waals surface area (Å²) in [6.07, 6.45) is 8.61. The van der Waals surface area contributed by atoms with Crippen LogP contribution in [0, 0.1) is 20.8 Å². The van der Waals surface area contributed by atoms with E-state index in [1.165, 1.54) is 27.8 Å². The quantitative estimate of drug-likeness (QED) is 0.0201. The minimum absolute atomic E-state index is 0.172. The molecular formula is C59H68N5O7S2+. The van der Waals surface area contributed by atoms with Crippen molar-refractivity contribution in [2.24, 2.45) is 0 Å². The molecule has 1 unspecified atom stereocenters. The number of rotatable bonds is 19. The number of aromatic carboxylic acids is 1. The monoisotopic (exact) mass is 1020 g/mol. The maximum absolute atomic E-state index is 13.1. The van der Waals surface area contributed by atoms with Crippen molar-refractivity contribution < 1.29 is 33.4 Å². The van der Waals surface area contributed by atoms with E-state index < -0.39 is 11.6 Å². The number of carboxylic acids is 1. The molecule has 4 aromatic rings. The van der Waals surface area contributed by atoms with Crippen LogP contribution in [0.2, 0.25) is 0 Å². The van der Waals surface area contributed by atoms with Crippen LogP contribution in [0.25, 0.3) is 39.5 Å². The van der Waals surface area contributed by atoms with Crippen LogP contribution in [-0.2, 0) is 17.6 Å². The van der Waals surface area contributed by atoms with Crippen LogP contribution in [-0.4, -0.2) is 72.3 Å². The number of carbonyl (C=O) groups is 3. The molecule has 1 atom stereocenters. The first kappa shape index (κ1) is 52.7. The normalized spacial score (nSPS) is 15.8. The minimum atomic E-state index is -1.03. The standard InChI is InChI=1S/C59H67N5O7S2/c1-9-63(10-2)41-21-26-47-50(33-41)70-51-34-42(64(11-3)12-4)22-27-48(51)53(47)46-25-20-40(32-49(46)56(66)67)61-57(72)60-30-16-14-13-15-17-44-36(5)37(6)54-45(38(44)7)28-29-59(8,71-54)35-69-43-23-18-39(19-24-43)31-52-55(65)62-58(68)73-52/h18-27,31-34H,9-17,28-30,35H2,1-8H3,(H3,60,62,65,66,67,68,72)/p+1.